The summed E-state index contributed by atoms with van der Waals surface area (Å²) in [5, 5.41) is 9.46. The molecule has 0 radical (unpaired) electrons. The van der Waals surface area contributed by atoms with Gasteiger partial charge < -0.3 is 10.8 Å². The molecule has 1 saturated carbocycles. The summed E-state index contributed by atoms with van der Waals surface area (Å²) in [4.78, 5) is 0. The van der Waals surface area contributed by atoms with E-state index in [2.05, 4.69) is 15.9 Å². The van der Waals surface area contributed by atoms with Crippen LogP contribution in [0, 0.1) is 11.7 Å². The van der Waals surface area contributed by atoms with Gasteiger partial charge in [0, 0.05) is 15.7 Å². The molecular formula is C15H21BrFNO. The van der Waals surface area contributed by atoms with Crippen molar-refractivity contribution in [3.8, 4) is 0 Å². The molecule has 0 unspecified atom stereocenters. The highest BCUT2D eigenvalue weighted by atomic mass is 79.9. The number of nitrogen functional groups attached to an aromatic ring is 1. The smallest absolute Gasteiger partial charge is 0.129 e. The van der Waals surface area contributed by atoms with Crippen molar-refractivity contribution in [3.05, 3.63) is 28.0 Å². The van der Waals surface area contributed by atoms with Crippen LogP contribution in [0.3, 0.4) is 0 Å². The fourth-order valence-electron chi connectivity index (χ4n) is 2.89. The minimum absolute atomic E-state index is 0.101. The number of halogens is 2. The molecule has 2 nitrogen and oxygen atoms in total. The van der Waals surface area contributed by atoms with E-state index in [1.54, 1.807) is 6.07 Å². The van der Waals surface area contributed by atoms with Crippen molar-refractivity contribution in [1.82, 2.24) is 0 Å². The van der Waals surface area contributed by atoms with E-state index in [4.69, 9.17) is 5.73 Å². The average Bonchev–Trinajstić information content (AvgIpc) is 2.34. The first kappa shape index (κ1) is 14.8. The first-order chi connectivity index (χ1) is 9.06. The minimum atomic E-state index is -0.217. The lowest BCUT2D eigenvalue weighted by Gasteiger charge is -2.25. The van der Waals surface area contributed by atoms with Crippen molar-refractivity contribution in [3.63, 3.8) is 0 Å². The predicted molar refractivity (Wildman–Crippen MR) is 79.4 cm³/mol. The van der Waals surface area contributed by atoms with E-state index >= 15 is 0 Å². The zero-order valence-corrected chi connectivity index (χ0v) is 12.6. The summed E-state index contributed by atoms with van der Waals surface area (Å²) in [6, 6.07) is 3.23. The molecule has 0 saturated heterocycles. The van der Waals surface area contributed by atoms with Gasteiger partial charge in [0.25, 0.3) is 0 Å². The molecule has 19 heavy (non-hydrogen) atoms. The lowest BCUT2D eigenvalue weighted by molar-refractivity contribution is 0.106. The molecule has 1 aromatic rings. The van der Waals surface area contributed by atoms with Crippen LogP contribution < -0.4 is 5.73 Å². The molecule has 0 aromatic heterocycles. The second kappa shape index (κ2) is 6.71. The summed E-state index contributed by atoms with van der Waals surface area (Å²) in [5.41, 5.74) is 7.03. The molecule has 0 heterocycles. The van der Waals surface area contributed by atoms with Gasteiger partial charge in [0.2, 0.25) is 0 Å². The van der Waals surface area contributed by atoms with Gasteiger partial charge in [-0.1, -0.05) is 22.4 Å². The third-order valence-electron chi connectivity index (χ3n) is 4.05. The average molecular weight is 330 g/mol. The number of anilines is 1. The van der Waals surface area contributed by atoms with Crippen molar-refractivity contribution >= 4 is 21.6 Å². The van der Waals surface area contributed by atoms with Gasteiger partial charge in [0.1, 0.15) is 5.82 Å². The number of nitrogens with two attached hydrogens (primary N) is 1. The van der Waals surface area contributed by atoms with E-state index in [1.807, 2.05) is 0 Å². The number of rotatable bonds is 4. The highest BCUT2D eigenvalue weighted by Crippen LogP contribution is 2.29. The molecule has 4 heteroatoms. The highest BCUT2D eigenvalue weighted by Gasteiger charge is 2.19. The second-order valence-electron chi connectivity index (χ2n) is 5.52. The quantitative estimate of drug-likeness (QED) is 0.819. The van der Waals surface area contributed by atoms with E-state index in [0.717, 1.165) is 38.5 Å². The predicted octanol–water partition coefficient (Wildman–Crippen LogP) is 4.04. The van der Waals surface area contributed by atoms with Crippen molar-refractivity contribution in [1.29, 1.82) is 0 Å². The Labute approximate surface area is 122 Å². The summed E-state index contributed by atoms with van der Waals surface area (Å²) in [6.45, 7) is 0. The van der Waals surface area contributed by atoms with Gasteiger partial charge in [-0.25, -0.2) is 4.39 Å². The number of benzene rings is 1. The Bertz CT molecular complexity index is 407. The van der Waals surface area contributed by atoms with Crippen molar-refractivity contribution in [2.45, 2.75) is 51.0 Å². The van der Waals surface area contributed by atoms with Crippen molar-refractivity contribution in [2.75, 3.05) is 5.73 Å². The zero-order valence-electron chi connectivity index (χ0n) is 11.0. The molecule has 1 aliphatic carbocycles. The van der Waals surface area contributed by atoms with E-state index in [0.29, 0.717) is 28.1 Å². The van der Waals surface area contributed by atoms with Crippen LogP contribution in [-0.4, -0.2) is 11.2 Å². The van der Waals surface area contributed by atoms with Gasteiger partial charge in [-0.2, -0.15) is 0 Å². The number of hydrogen-bond donors (Lipinski definition) is 2. The van der Waals surface area contributed by atoms with E-state index in [9.17, 15) is 9.50 Å². The van der Waals surface area contributed by atoms with Crippen LogP contribution in [0.4, 0.5) is 10.1 Å². The van der Waals surface area contributed by atoms with Crippen LogP contribution in [0.2, 0.25) is 0 Å². The highest BCUT2D eigenvalue weighted by molar-refractivity contribution is 9.10. The summed E-state index contributed by atoms with van der Waals surface area (Å²) in [6.07, 6.45) is 6.68. The lowest BCUT2D eigenvalue weighted by Crippen LogP contribution is -2.18. The van der Waals surface area contributed by atoms with Crippen LogP contribution >= 0.6 is 15.9 Å². The third kappa shape index (κ3) is 4.18. The Morgan fingerprint density at radius 3 is 2.58 bits per heavy atom. The minimum Gasteiger partial charge on any atom is -0.398 e. The zero-order chi connectivity index (χ0) is 13.8. The Balaban J connectivity index is 1.83. The first-order valence-corrected chi connectivity index (χ1v) is 7.77. The number of aliphatic hydroxyl groups excluding tert-OH is 1. The van der Waals surface area contributed by atoms with Gasteiger partial charge in [-0.05, 0) is 56.6 Å². The standard InChI is InChI=1S/C15H21BrFNO/c16-11-8-14(17)13(15(18)9-11)3-1-2-10-4-6-12(19)7-5-10/h8-10,12,19H,1-7,18H2. The summed E-state index contributed by atoms with van der Waals surface area (Å²) >= 11 is 3.24. The largest absolute Gasteiger partial charge is 0.398 e. The van der Waals surface area contributed by atoms with E-state index in [-0.39, 0.29) is 11.9 Å². The maximum absolute atomic E-state index is 13.8. The first-order valence-electron chi connectivity index (χ1n) is 6.97. The van der Waals surface area contributed by atoms with Crippen LogP contribution in [0.15, 0.2) is 16.6 Å². The molecule has 0 atom stereocenters. The molecule has 1 aromatic carbocycles. The fraction of sp³-hybridized carbons (Fsp3) is 0.600. The van der Waals surface area contributed by atoms with E-state index < -0.39 is 0 Å². The maximum Gasteiger partial charge on any atom is 0.129 e. The summed E-state index contributed by atoms with van der Waals surface area (Å²) in [7, 11) is 0. The molecule has 1 aliphatic rings. The van der Waals surface area contributed by atoms with Gasteiger partial charge in [0.15, 0.2) is 0 Å². The van der Waals surface area contributed by atoms with Gasteiger partial charge in [-0.15, -0.1) is 0 Å². The summed E-state index contributed by atoms with van der Waals surface area (Å²) in [5.74, 6) is 0.467. The molecule has 0 aliphatic heterocycles. The fourth-order valence-corrected chi connectivity index (χ4v) is 3.34. The molecule has 106 valence electrons. The molecule has 3 N–H and O–H groups in total. The topological polar surface area (TPSA) is 46.2 Å². The molecule has 2 rings (SSSR count). The number of aliphatic hydroxyl groups is 1. The van der Waals surface area contributed by atoms with Crippen LogP contribution in [-0.2, 0) is 6.42 Å². The van der Waals surface area contributed by atoms with Crippen LogP contribution in [0.5, 0.6) is 0 Å². The molecule has 0 bridgehead atoms. The summed E-state index contributed by atoms with van der Waals surface area (Å²) < 4.78 is 14.5. The molecular weight excluding hydrogens is 309 g/mol. The Morgan fingerprint density at radius 2 is 1.95 bits per heavy atom. The van der Waals surface area contributed by atoms with Crippen LogP contribution in [0.1, 0.15) is 44.1 Å². The SMILES string of the molecule is Nc1cc(Br)cc(F)c1CCCC1CCC(O)CC1. The van der Waals surface area contributed by atoms with Gasteiger partial charge >= 0.3 is 0 Å². The van der Waals surface area contributed by atoms with Crippen molar-refractivity contribution < 1.29 is 9.50 Å². The van der Waals surface area contributed by atoms with Gasteiger partial charge in [-0.3, -0.25) is 0 Å². The van der Waals surface area contributed by atoms with Crippen LogP contribution in [0.25, 0.3) is 0 Å². The second-order valence-corrected chi connectivity index (χ2v) is 6.44. The Hall–Kier alpha value is -0.610. The normalized spacial score (nSPS) is 23.5. The lowest BCUT2D eigenvalue weighted by atomic mass is 9.84. The van der Waals surface area contributed by atoms with Crippen molar-refractivity contribution in [2.24, 2.45) is 5.92 Å². The van der Waals surface area contributed by atoms with E-state index in [1.165, 1.54) is 6.07 Å². The Morgan fingerprint density at radius 1 is 1.26 bits per heavy atom. The maximum atomic E-state index is 13.8. The molecule has 1 fully saturated rings. The Kier molecular flexibility index (Phi) is 5.22. The monoisotopic (exact) mass is 329 g/mol. The third-order valence-corrected chi connectivity index (χ3v) is 4.51. The molecule has 0 spiro atoms. The number of hydrogen-bond acceptors (Lipinski definition) is 2. The molecule has 0 amide bonds. The van der Waals surface area contributed by atoms with Gasteiger partial charge in [0.05, 0.1) is 6.10 Å².